The highest BCUT2D eigenvalue weighted by molar-refractivity contribution is 9.10. The summed E-state index contributed by atoms with van der Waals surface area (Å²) in [5, 5.41) is 3.04. The first kappa shape index (κ1) is 29.2. The second-order valence-corrected chi connectivity index (χ2v) is 9.98. The number of unbranched alkanes of at least 4 members (excludes halogenated alkanes) is 1. The van der Waals surface area contributed by atoms with E-state index in [1.54, 1.807) is 12.0 Å². The molecular weight excluding hydrogens is 544 g/mol. The van der Waals surface area contributed by atoms with Crippen LogP contribution in [-0.2, 0) is 29.0 Å². The standard InChI is InChI=1S/C31H37BrN2O4/c1-4-6-17-33-31(36)28(20-24-11-8-7-9-12-24)34(21-25-13-10-14-26(18-25)37-3)30(35)22-38-29-16-15-23(5-2)19-27(29)32/h7-16,18-19,28H,4-6,17,20-22H2,1-3H3,(H,33,36)/t28-/m1/s1. The lowest BCUT2D eigenvalue weighted by molar-refractivity contribution is -0.142. The maximum absolute atomic E-state index is 13.8. The molecule has 2 amide bonds. The Bertz CT molecular complexity index is 1190. The normalized spacial score (nSPS) is 11.5. The summed E-state index contributed by atoms with van der Waals surface area (Å²) in [6, 6.07) is 22.5. The molecule has 0 saturated carbocycles. The van der Waals surface area contributed by atoms with Crippen molar-refractivity contribution in [1.82, 2.24) is 10.2 Å². The number of hydrogen-bond donors (Lipinski definition) is 1. The second-order valence-electron chi connectivity index (χ2n) is 9.13. The van der Waals surface area contributed by atoms with Gasteiger partial charge in [0.15, 0.2) is 6.61 Å². The number of hydrogen-bond acceptors (Lipinski definition) is 4. The Morgan fingerprint density at radius 1 is 0.947 bits per heavy atom. The van der Waals surface area contributed by atoms with Crippen LogP contribution in [0.4, 0.5) is 0 Å². The number of carbonyl (C=O) groups excluding carboxylic acids is 2. The van der Waals surface area contributed by atoms with Gasteiger partial charge >= 0.3 is 0 Å². The highest BCUT2D eigenvalue weighted by Gasteiger charge is 2.30. The van der Waals surface area contributed by atoms with E-state index in [2.05, 4.69) is 35.1 Å². The molecule has 0 aliphatic heterocycles. The van der Waals surface area contributed by atoms with Gasteiger partial charge in [-0.05, 0) is 69.7 Å². The van der Waals surface area contributed by atoms with E-state index in [-0.39, 0.29) is 25.0 Å². The molecule has 202 valence electrons. The fraction of sp³-hybridized carbons (Fsp3) is 0.355. The Balaban J connectivity index is 1.90. The van der Waals surface area contributed by atoms with E-state index in [1.807, 2.05) is 72.8 Å². The molecule has 3 aromatic carbocycles. The van der Waals surface area contributed by atoms with E-state index in [1.165, 1.54) is 5.56 Å². The van der Waals surface area contributed by atoms with E-state index in [4.69, 9.17) is 9.47 Å². The number of ether oxygens (including phenoxy) is 2. The minimum Gasteiger partial charge on any atom is -0.497 e. The summed E-state index contributed by atoms with van der Waals surface area (Å²) >= 11 is 3.55. The number of rotatable bonds is 14. The van der Waals surface area contributed by atoms with Crippen molar-refractivity contribution in [3.05, 3.63) is 94.0 Å². The predicted molar refractivity (Wildman–Crippen MR) is 154 cm³/mol. The van der Waals surface area contributed by atoms with Crippen LogP contribution in [0.5, 0.6) is 11.5 Å². The summed E-state index contributed by atoms with van der Waals surface area (Å²) in [7, 11) is 1.61. The molecule has 0 saturated heterocycles. The largest absolute Gasteiger partial charge is 0.497 e. The zero-order valence-corrected chi connectivity index (χ0v) is 24.0. The minimum atomic E-state index is -0.706. The molecule has 0 bridgehead atoms. The van der Waals surface area contributed by atoms with Crippen molar-refractivity contribution >= 4 is 27.7 Å². The SMILES string of the molecule is CCCCNC(=O)[C@@H](Cc1ccccc1)N(Cc1cccc(OC)c1)C(=O)COc1ccc(CC)cc1Br. The topological polar surface area (TPSA) is 67.9 Å². The Morgan fingerprint density at radius 2 is 1.71 bits per heavy atom. The molecule has 6 nitrogen and oxygen atoms in total. The first-order valence-corrected chi connectivity index (χ1v) is 13.9. The lowest BCUT2D eigenvalue weighted by Crippen LogP contribution is -2.51. The summed E-state index contributed by atoms with van der Waals surface area (Å²) in [4.78, 5) is 28.9. The Kier molecular flexibility index (Phi) is 11.7. The summed E-state index contributed by atoms with van der Waals surface area (Å²) in [6.45, 7) is 4.78. The first-order valence-electron chi connectivity index (χ1n) is 13.1. The van der Waals surface area contributed by atoms with Crippen molar-refractivity contribution in [3.8, 4) is 11.5 Å². The van der Waals surface area contributed by atoms with Gasteiger partial charge in [0.05, 0.1) is 11.6 Å². The van der Waals surface area contributed by atoms with Gasteiger partial charge in [0.1, 0.15) is 17.5 Å². The number of aryl methyl sites for hydroxylation is 1. The van der Waals surface area contributed by atoms with E-state index in [0.29, 0.717) is 24.5 Å². The van der Waals surface area contributed by atoms with Crippen LogP contribution in [0, 0.1) is 0 Å². The average molecular weight is 582 g/mol. The molecule has 1 N–H and O–H groups in total. The smallest absolute Gasteiger partial charge is 0.261 e. The van der Waals surface area contributed by atoms with Gasteiger partial charge in [-0.2, -0.15) is 0 Å². The fourth-order valence-electron chi connectivity index (χ4n) is 4.13. The summed E-state index contributed by atoms with van der Waals surface area (Å²) in [6.07, 6.45) is 3.14. The van der Waals surface area contributed by atoms with Crippen LogP contribution in [0.25, 0.3) is 0 Å². The van der Waals surface area contributed by atoms with Gasteiger partial charge in [0, 0.05) is 19.5 Å². The van der Waals surface area contributed by atoms with Gasteiger partial charge in [0.2, 0.25) is 5.91 Å². The molecule has 38 heavy (non-hydrogen) atoms. The zero-order valence-electron chi connectivity index (χ0n) is 22.4. The highest BCUT2D eigenvalue weighted by atomic mass is 79.9. The molecule has 3 rings (SSSR count). The molecule has 1 atom stereocenters. The number of nitrogens with one attached hydrogen (secondary N) is 1. The second kappa shape index (κ2) is 15.2. The molecule has 0 unspecified atom stereocenters. The lowest BCUT2D eigenvalue weighted by atomic mass is 10.0. The number of halogens is 1. The van der Waals surface area contributed by atoms with Crippen LogP contribution in [0.2, 0.25) is 0 Å². The third-order valence-corrected chi connectivity index (χ3v) is 6.96. The number of benzene rings is 3. The van der Waals surface area contributed by atoms with Crippen molar-refractivity contribution in [2.45, 2.75) is 52.1 Å². The lowest BCUT2D eigenvalue weighted by Gasteiger charge is -2.31. The minimum absolute atomic E-state index is 0.174. The van der Waals surface area contributed by atoms with E-state index < -0.39 is 6.04 Å². The van der Waals surface area contributed by atoms with Crippen molar-refractivity contribution in [2.75, 3.05) is 20.3 Å². The number of methoxy groups -OCH3 is 1. The monoisotopic (exact) mass is 580 g/mol. The van der Waals surface area contributed by atoms with Crippen LogP contribution in [0.1, 0.15) is 43.4 Å². The summed E-state index contributed by atoms with van der Waals surface area (Å²) < 4.78 is 12.1. The summed E-state index contributed by atoms with van der Waals surface area (Å²) in [5.74, 6) is 0.833. The van der Waals surface area contributed by atoms with Gasteiger partial charge in [-0.15, -0.1) is 0 Å². The Morgan fingerprint density at radius 3 is 2.39 bits per heavy atom. The van der Waals surface area contributed by atoms with Gasteiger partial charge in [0.25, 0.3) is 5.91 Å². The molecule has 0 radical (unpaired) electrons. The molecule has 0 fully saturated rings. The maximum atomic E-state index is 13.8. The Hall–Kier alpha value is -3.32. The molecular formula is C31H37BrN2O4. The van der Waals surface area contributed by atoms with Crippen LogP contribution >= 0.6 is 15.9 Å². The predicted octanol–water partition coefficient (Wildman–Crippen LogP) is 5.96. The molecule has 0 aliphatic carbocycles. The molecule has 7 heteroatoms. The van der Waals surface area contributed by atoms with Gasteiger partial charge in [-0.3, -0.25) is 9.59 Å². The van der Waals surface area contributed by atoms with Gasteiger partial charge in [-0.25, -0.2) is 0 Å². The number of nitrogens with zero attached hydrogens (tertiary/aromatic N) is 1. The molecule has 0 aromatic heterocycles. The fourth-order valence-corrected chi connectivity index (χ4v) is 4.67. The number of carbonyl (C=O) groups is 2. The van der Waals surface area contributed by atoms with Crippen LogP contribution < -0.4 is 14.8 Å². The quantitative estimate of drug-likeness (QED) is 0.239. The third-order valence-electron chi connectivity index (χ3n) is 6.34. The van der Waals surface area contributed by atoms with E-state index in [0.717, 1.165) is 34.9 Å². The van der Waals surface area contributed by atoms with E-state index >= 15 is 0 Å². The van der Waals surface area contributed by atoms with Crippen LogP contribution in [-0.4, -0.2) is 43.0 Å². The van der Waals surface area contributed by atoms with Crippen LogP contribution in [0.3, 0.4) is 0 Å². The third kappa shape index (κ3) is 8.62. The van der Waals surface area contributed by atoms with Crippen molar-refractivity contribution in [3.63, 3.8) is 0 Å². The molecule has 3 aromatic rings. The first-order chi connectivity index (χ1) is 18.4. The highest BCUT2D eigenvalue weighted by Crippen LogP contribution is 2.27. The van der Waals surface area contributed by atoms with Crippen molar-refractivity contribution in [2.24, 2.45) is 0 Å². The Labute approximate surface area is 234 Å². The van der Waals surface area contributed by atoms with Crippen molar-refractivity contribution < 1.29 is 19.1 Å². The number of amides is 2. The maximum Gasteiger partial charge on any atom is 0.261 e. The summed E-state index contributed by atoms with van der Waals surface area (Å²) in [5.41, 5.74) is 3.01. The van der Waals surface area contributed by atoms with Crippen molar-refractivity contribution in [1.29, 1.82) is 0 Å². The van der Waals surface area contributed by atoms with Gasteiger partial charge in [-0.1, -0.05) is 68.8 Å². The average Bonchev–Trinajstić information content (AvgIpc) is 2.94. The van der Waals surface area contributed by atoms with Gasteiger partial charge < -0.3 is 19.7 Å². The molecule has 0 heterocycles. The molecule has 0 aliphatic rings. The van der Waals surface area contributed by atoms with E-state index in [9.17, 15) is 9.59 Å². The molecule has 0 spiro atoms. The van der Waals surface area contributed by atoms with Crippen LogP contribution in [0.15, 0.2) is 77.3 Å². The zero-order chi connectivity index (χ0) is 27.3.